The number of imidazole rings is 1. The fourth-order valence-electron chi connectivity index (χ4n) is 3.70. The summed E-state index contributed by atoms with van der Waals surface area (Å²) in [6, 6.07) is 7.44. The topological polar surface area (TPSA) is 106 Å². The zero-order chi connectivity index (χ0) is 22.0. The van der Waals surface area contributed by atoms with Crippen molar-refractivity contribution in [2.75, 3.05) is 30.4 Å². The normalized spacial score (nSPS) is 17.0. The molecule has 2 aromatic heterocycles. The number of carbonyl (C=O) groups is 1. The van der Waals surface area contributed by atoms with E-state index in [1.165, 1.54) is 12.5 Å². The number of anilines is 1. The van der Waals surface area contributed by atoms with Crippen LogP contribution >= 0.6 is 11.6 Å². The van der Waals surface area contributed by atoms with E-state index in [2.05, 4.69) is 20.6 Å². The molecule has 1 aliphatic heterocycles. The Hall–Kier alpha value is -2.49. The van der Waals surface area contributed by atoms with Crippen molar-refractivity contribution >= 4 is 44.2 Å². The molecule has 0 bridgehead atoms. The molecule has 1 amide bonds. The number of aromatic nitrogens is 3. The van der Waals surface area contributed by atoms with Gasteiger partial charge in [-0.05, 0) is 43.1 Å². The van der Waals surface area contributed by atoms with Crippen molar-refractivity contribution in [1.29, 1.82) is 0 Å². The highest BCUT2D eigenvalue weighted by Gasteiger charge is 2.21. The lowest BCUT2D eigenvalue weighted by Gasteiger charge is -2.21. The quantitative estimate of drug-likeness (QED) is 0.584. The van der Waals surface area contributed by atoms with Gasteiger partial charge in [-0.25, -0.2) is 18.4 Å². The van der Waals surface area contributed by atoms with Crippen molar-refractivity contribution in [3.8, 4) is 11.1 Å². The summed E-state index contributed by atoms with van der Waals surface area (Å²) in [7, 11) is -3.09. The van der Waals surface area contributed by atoms with E-state index in [0.29, 0.717) is 23.9 Å². The maximum Gasteiger partial charge on any atom is 0.229 e. The van der Waals surface area contributed by atoms with Crippen LogP contribution < -0.4 is 10.6 Å². The van der Waals surface area contributed by atoms with Gasteiger partial charge < -0.3 is 15.2 Å². The van der Waals surface area contributed by atoms with Gasteiger partial charge in [0.05, 0.1) is 34.1 Å². The van der Waals surface area contributed by atoms with E-state index in [1.54, 1.807) is 12.4 Å². The summed E-state index contributed by atoms with van der Waals surface area (Å²) in [6.45, 7) is 1.93. The molecule has 0 aliphatic carbocycles. The van der Waals surface area contributed by atoms with Gasteiger partial charge in [0.2, 0.25) is 5.91 Å². The smallest absolute Gasteiger partial charge is 0.229 e. The molecule has 3 aromatic rings. The molecule has 1 fully saturated rings. The van der Waals surface area contributed by atoms with Crippen LogP contribution in [0, 0.1) is 5.92 Å². The first-order valence-electron chi connectivity index (χ1n) is 10.1. The summed E-state index contributed by atoms with van der Waals surface area (Å²) >= 11 is 6.41. The van der Waals surface area contributed by atoms with Crippen LogP contribution in [0.15, 0.2) is 36.8 Å². The summed E-state index contributed by atoms with van der Waals surface area (Å²) in [4.78, 5) is 21.2. The Balaban J connectivity index is 1.61. The van der Waals surface area contributed by atoms with E-state index in [-0.39, 0.29) is 17.6 Å². The third-order valence-corrected chi connectivity index (χ3v) is 6.63. The van der Waals surface area contributed by atoms with Crippen molar-refractivity contribution in [3.63, 3.8) is 0 Å². The fourth-order valence-corrected chi connectivity index (χ4v) is 4.44. The van der Waals surface area contributed by atoms with Gasteiger partial charge in [0.25, 0.3) is 0 Å². The molecule has 2 N–H and O–H groups in total. The molecule has 3 heterocycles. The molecular formula is C21H24ClN5O3S. The molecule has 31 heavy (non-hydrogen) atoms. The molecule has 164 valence electrons. The van der Waals surface area contributed by atoms with Crippen LogP contribution in [0.1, 0.15) is 12.8 Å². The molecular weight excluding hydrogens is 438 g/mol. The molecule has 0 radical (unpaired) electrons. The predicted octanol–water partition coefficient (Wildman–Crippen LogP) is 2.73. The monoisotopic (exact) mass is 461 g/mol. The number of benzene rings is 1. The number of piperidine rings is 1. The highest BCUT2D eigenvalue weighted by molar-refractivity contribution is 7.90. The molecule has 1 aromatic carbocycles. The largest absolute Gasteiger partial charge is 0.330 e. The third-order valence-electron chi connectivity index (χ3n) is 5.41. The van der Waals surface area contributed by atoms with Crippen LogP contribution in [0.3, 0.4) is 0 Å². The molecule has 1 aliphatic rings. The number of amides is 1. The number of hydrogen-bond acceptors (Lipinski definition) is 6. The maximum atomic E-state index is 12.6. The second-order valence-corrected chi connectivity index (χ2v) is 10.5. The molecule has 1 atom stereocenters. The average molecular weight is 462 g/mol. The maximum absolute atomic E-state index is 12.6. The van der Waals surface area contributed by atoms with Crippen molar-refractivity contribution in [2.45, 2.75) is 19.4 Å². The lowest BCUT2D eigenvalue weighted by Crippen LogP contribution is -2.37. The molecule has 1 saturated heterocycles. The number of carbonyl (C=O) groups excluding carboxylic acids is 1. The van der Waals surface area contributed by atoms with Crippen LogP contribution in [0.25, 0.3) is 22.2 Å². The second-order valence-electron chi connectivity index (χ2n) is 7.85. The number of hydrogen-bond donors (Lipinski definition) is 2. The minimum Gasteiger partial charge on any atom is -0.330 e. The van der Waals surface area contributed by atoms with Gasteiger partial charge in [0.15, 0.2) is 0 Å². The molecule has 10 heteroatoms. The fraction of sp³-hybridized carbons (Fsp3) is 0.381. The number of sulfone groups is 1. The summed E-state index contributed by atoms with van der Waals surface area (Å²) in [6.07, 6.45) is 6.21. The number of nitrogens with zero attached hydrogens (tertiary/aromatic N) is 3. The number of aryl methyl sites for hydroxylation is 1. The van der Waals surface area contributed by atoms with E-state index >= 15 is 0 Å². The van der Waals surface area contributed by atoms with E-state index in [4.69, 9.17) is 11.6 Å². The summed E-state index contributed by atoms with van der Waals surface area (Å²) < 4.78 is 24.9. The molecule has 4 rings (SSSR count). The van der Waals surface area contributed by atoms with Crippen LogP contribution in [0.2, 0.25) is 5.02 Å². The van der Waals surface area contributed by atoms with Crippen molar-refractivity contribution in [1.82, 2.24) is 19.9 Å². The lowest BCUT2D eigenvalue weighted by molar-refractivity contribution is -0.120. The van der Waals surface area contributed by atoms with Crippen LogP contribution in [0.4, 0.5) is 5.82 Å². The van der Waals surface area contributed by atoms with Gasteiger partial charge >= 0.3 is 0 Å². The summed E-state index contributed by atoms with van der Waals surface area (Å²) in [5.74, 6) is 0.350. The first kappa shape index (κ1) is 21.7. The van der Waals surface area contributed by atoms with Crippen LogP contribution in [-0.4, -0.2) is 54.0 Å². The van der Waals surface area contributed by atoms with E-state index in [9.17, 15) is 13.2 Å². The molecule has 0 unspecified atom stereocenters. The Bertz CT molecular complexity index is 1220. The lowest BCUT2D eigenvalue weighted by atomic mass is 9.99. The second kappa shape index (κ2) is 8.94. The Kier molecular flexibility index (Phi) is 6.27. The van der Waals surface area contributed by atoms with Gasteiger partial charge in [-0.1, -0.05) is 17.7 Å². The predicted molar refractivity (Wildman–Crippen MR) is 122 cm³/mol. The highest BCUT2D eigenvalue weighted by atomic mass is 35.5. The SMILES string of the molecule is CS(=O)(=O)CCn1cnc2ccc(-c3cc(NC(=O)[C@@H]4CCCNC4)ncc3Cl)cc21. The van der Waals surface area contributed by atoms with E-state index in [0.717, 1.165) is 41.5 Å². The Labute approximate surface area is 185 Å². The van der Waals surface area contributed by atoms with Gasteiger partial charge in [0, 0.05) is 31.1 Å². The first-order chi connectivity index (χ1) is 14.8. The number of pyridine rings is 1. The van der Waals surface area contributed by atoms with Crippen molar-refractivity contribution in [3.05, 3.63) is 41.8 Å². The average Bonchev–Trinajstić information content (AvgIpc) is 3.16. The van der Waals surface area contributed by atoms with Gasteiger partial charge in [0.1, 0.15) is 15.7 Å². The number of halogens is 1. The van der Waals surface area contributed by atoms with Crippen LogP contribution in [-0.2, 0) is 21.2 Å². The molecule has 0 spiro atoms. The van der Waals surface area contributed by atoms with E-state index < -0.39 is 9.84 Å². The molecule has 8 nitrogen and oxygen atoms in total. The van der Waals surface area contributed by atoms with Crippen molar-refractivity contribution in [2.24, 2.45) is 5.92 Å². The zero-order valence-corrected chi connectivity index (χ0v) is 18.7. The third kappa shape index (κ3) is 5.23. The van der Waals surface area contributed by atoms with Crippen molar-refractivity contribution < 1.29 is 13.2 Å². The first-order valence-corrected chi connectivity index (χ1v) is 12.5. The van der Waals surface area contributed by atoms with Gasteiger partial charge in [-0.15, -0.1) is 0 Å². The minimum atomic E-state index is -3.09. The van der Waals surface area contributed by atoms with Gasteiger partial charge in [-0.3, -0.25) is 4.79 Å². The Morgan fingerprint density at radius 1 is 1.32 bits per heavy atom. The Morgan fingerprint density at radius 2 is 2.16 bits per heavy atom. The number of rotatable bonds is 6. The highest BCUT2D eigenvalue weighted by Crippen LogP contribution is 2.31. The summed E-state index contributed by atoms with van der Waals surface area (Å²) in [5.41, 5.74) is 3.14. The standard InChI is InChI=1S/C21H24ClN5O3S/c1-31(29,30)8-7-27-13-25-18-5-4-14(9-19(18)27)16-10-20(24-12-17(16)22)26-21(28)15-3-2-6-23-11-15/h4-5,9-10,12-13,15,23H,2-3,6-8,11H2,1H3,(H,24,26,28)/t15-/m1/s1. The molecule has 0 saturated carbocycles. The number of nitrogens with one attached hydrogen (secondary N) is 2. The van der Waals surface area contributed by atoms with E-state index in [1.807, 2.05) is 22.8 Å². The minimum absolute atomic E-state index is 0.0326. The van der Waals surface area contributed by atoms with Gasteiger partial charge in [-0.2, -0.15) is 0 Å². The summed E-state index contributed by atoms with van der Waals surface area (Å²) in [5, 5.41) is 6.59. The zero-order valence-electron chi connectivity index (χ0n) is 17.1. The number of fused-ring (bicyclic) bond motifs is 1. The van der Waals surface area contributed by atoms with Crippen LogP contribution in [0.5, 0.6) is 0 Å². The Morgan fingerprint density at radius 3 is 2.90 bits per heavy atom.